The Labute approximate surface area is 78.9 Å². The Morgan fingerprint density at radius 2 is 2.42 bits per heavy atom. The fraction of sp³-hybridized carbons (Fsp3) is 0.889. The highest BCUT2D eigenvalue weighted by Gasteiger charge is 2.26. The summed E-state index contributed by atoms with van der Waals surface area (Å²) < 4.78 is 0. The number of amides is 1. The van der Waals surface area contributed by atoms with Crippen molar-refractivity contribution in [3.05, 3.63) is 0 Å². The second-order valence-corrected chi connectivity index (χ2v) is 4.18. The topological polar surface area (TPSA) is 20.3 Å². The molecule has 0 radical (unpaired) electrons. The number of alkyl halides is 1. The van der Waals surface area contributed by atoms with E-state index >= 15 is 0 Å². The zero-order valence-corrected chi connectivity index (χ0v) is 8.47. The molecule has 0 aromatic heterocycles. The van der Waals surface area contributed by atoms with E-state index in [-0.39, 0.29) is 0 Å². The van der Waals surface area contributed by atoms with Crippen LogP contribution in [0, 0.1) is 11.8 Å². The van der Waals surface area contributed by atoms with E-state index in [2.05, 4.69) is 13.8 Å². The Morgan fingerprint density at radius 1 is 1.75 bits per heavy atom. The standard InChI is InChI=1S/C9H16ClNO/c1-7-3-9(12)11(5-7)6-8(2)4-10/h7-8H,3-6H2,1-2H3. The van der Waals surface area contributed by atoms with Crippen molar-refractivity contribution in [3.8, 4) is 0 Å². The van der Waals surface area contributed by atoms with E-state index in [9.17, 15) is 4.79 Å². The Balaban J connectivity index is 2.37. The van der Waals surface area contributed by atoms with Gasteiger partial charge < -0.3 is 4.90 Å². The minimum Gasteiger partial charge on any atom is -0.342 e. The van der Waals surface area contributed by atoms with E-state index in [0.717, 1.165) is 19.5 Å². The maximum Gasteiger partial charge on any atom is 0.222 e. The van der Waals surface area contributed by atoms with Gasteiger partial charge in [-0.15, -0.1) is 11.6 Å². The van der Waals surface area contributed by atoms with Crippen LogP contribution < -0.4 is 0 Å². The first-order chi connectivity index (χ1) is 5.63. The number of hydrogen-bond donors (Lipinski definition) is 0. The van der Waals surface area contributed by atoms with Crippen molar-refractivity contribution in [1.29, 1.82) is 0 Å². The van der Waals surface area contributed by atoms with Gasteiger partial charge in [-0.05, 0) is 11.8 Å². The molecule has 0 spiro atoms. The molecule has 0 aromatic carbocycles. The van der Waals surface area contributed by atoms with Crippen molar-refractivity contribution in [2.75, 3.05) is 19.0 Å². The number of nitrogens with zero attached hydrogens (tertiary/aromatic N) is 1. The average molecular weight is 190 g/mol. The normalized spacial score (nSPS) is 26.4. The van der Waals surface area contributed by atoms with Crippen LogP contribution in [0.25, 0.3) is 0 Å². The summed E-state index contributed by atoms with van der Waals surface area (Å²) in [7, 11) is 0. The molecule has 0 saturated carbocycles. The van der Waals surface area contributed by atoms with Crippen molar-refractivity contribution in [1.82, 2.24) is 4.90 Å². The highest BCUT2D eigenvalue weighted by molar-refractivity contribution is 6.18. The molecule has 1 aliphatic heterocycles. The van der Waals surface area contributed by atoms with Crippen molar-refractivity contribution < 1.29 is 4.79 Å². The molecule has 1 fully saturated rings. The third-order valence-electron chi connectivity index (χ3n) is 2.20. The number of rotatable bonds is 3. The molecule has 0 bridgehead atoms. The molecule has 1 heterocycles. The van der Waals surface area contributed by atoms with Crippen LogP contribution in [0.1, 0.15) is 20.3 Å². The average Bonchev–Trinajstić information content (AvgIpc) is 2.30. The summed E-state index contributed by atoms with van der Waals surface area (Å²) in [5.74, 6) is 1.87. The van der Waals surface area contributed by atoms with E-state index in [1.807, 2.05) is 4.90 Å². The molecule has 2 unspecified atom stereocenters. The first-order valence-corrected chi connectivity index (χ1v) is 5.00. The Bertz CT molecular complexity index is 172. The van der Waals surface area contributed by atoms with Crippen LogP contribution in [0.5, 0.6) is 0 Å². The Kier molecular flexibility index (Phi) is 3.39. The van der Waals surface area contributed by atoms with Crippen LogP contribution >= 0.6 is 11.6 Å². The van der Waals surface area contributed by atoms with Crippen LogP contribution in [0.3, 0.4) is 0 Å². The zero-order chi connectivity index (χ0) is 9.14. The van der Waals surface area contributed by atoms with Crippen LogP contribution in [0.15, 0.2) is 0 Å². The zero-order valence-electron chi connectivity index (χ0n) is 7.72. The Hall–Kier alpha value is -0.240. The maximum absolute atomic E-state index is 11.3. The number of hydrogen-bond acceptors (Lipinski definition) is 1. The van der Waals surface area contributed by atoms with Crippen LogP contribution in [0.2, 0.25) is 0 Å². The van der Waals surface area contributed by atoms with Crippen LogP contribution in [0.4, 0.5) is 0 Å². The molecule has 0 aromatic rings. The number of halogens is 1. The predicted octanol–water partition coefficient (Wildman–Crippen LogP) is 1.73. The molecule has 1 saturated heterocycles. The van der Waals surface area contributed by atoms with Crippen LogP contribution in [-0.2, 0) is 4.79 Å². The number of likely N-dealkylation sites (tertiary alicyclic amines) is 1. The summed E-state index contributed by atoms with van der Waals surface area (Å²) in [5.41, 5.74) is 0. The smallest absolute Gasteiger partial charge is 0.222 e. The summed E-state index contributed by atoms with van der Waals surface area (Å²) >= 11 is 5.68. The summed E-state index contributed by atoms with van der Waals surface area (Å²) in [6, 6.07) is 0. The van der Waals surface area contributed by atoms with Gasteiger partial charge in [0.1, 0.15) is 0 Å². The highest BCUT2D eigenvalue weighted by atomic mass is 35.5. The van der Waals surface area contributed by atoms with Gasteiger partial charge >= 0.3 is 0 Å². The molecule has 3 heteroatoms. The minimum absolute atomic E-state index is 0.291. The van der Waals surface area contributed by atoms with Gasteiger partial charge in [-0.25, -0.2) is 0 Å². The summed E-state index contributed by atoms with van der Waals surface area (Å²) in [4.78, 5) is 13.2. The van der Waals surface area contributed by atoms with E-state index < -0.39 is 0 Å². The lowest BCUT2D eigenvalue weighted by atomic mass is 10.2. The molecular weight excluding hydrogens is 174 g/mol. The van der Waals surface area contributed by atoms with Gasteiger partial charge in [0.15, 0.2) is 0 Å². The van der Waals surface area contributed by atoms with Crippen LogP contribution in [-0.4, -0.2) is 29.8 Å². The first-order valence-electron chi connectivity index (χ1n) is 4.47. The number of carbonyl (C=O) groups is 1. The van der Waals surface area contributed by atoms with Gasteiger partial charge in [0, 0.05) is 25.4 Å². The molecule has 2 nitrogen and oxygen atoms in total. The second kappa shape index (κ2) is 4.13. The van der Waals surface area contributed by atoms with Crippen molar-refractivity contribution >= 4 is 17.5 Å². The van der Waals surface area contributed by atoms with Crippen molar-refractivity contribution in [2.24, 2.45) is 11.8 Å². The molecule has 12 heavy (non-hydrogen) atoms. The molecule has 1 amide bonds. The van der Waals surface area contributed by atoms with Gasteiger partial charge in [-0.3, -0.25) is 4.79 Å². The largest absolute Gasteiger partial charge is 0.342 e. The third-order valence-corrected chi connectivity index (χ3v) is 2.73. The first kappa shape index (κ1) is 9.85. The molecule has 0 N–H and O–H groups in total. The van der Waals surface area contributed by atoms with Gasteiger partial charge in [-0.2, -0.15) is 0 Å². The summed E-state index contributed by atoms with van der Waals surface area (Å²) in [6.45, 7) is 5.93. The second-order valence-electron chi connectivity index (χ2n) is 3.87. The third kappa shape index (κ3) is 2.37. The summed E-state index contributed by atoms with van der Waals surface area (Å²) in [6.07, 6.45) is 0.717. The lowest BCUT2D eigenvalue weighted by molar-refractivity contribution is -0.128. The summed E-state index contributed by atoms with van der Waals surface area (Å²) in [5, 5.41) is 0. The van der Waals surface area contributed by atoms with Gasteiger partial charge in [-0.1, -0.05) is 13.8 Å². The molecule has 1 aliphatic rings. The molecule has 70 valence electrons. The lowest BCUT2D eigenvalue weighted by Crippen LogP contribution is -2.30. The fourth-order valence-electron chi connectivity index (χ4n) is 1.57. The van der Waals surface area contributed by atoms with E-state index in [0.29, 0.717) is 23.6 Å². The fourth-order valence-corrected chi connectivity index (χ4v) is 1.67. The van der Waals surface area contributed by atoms with Gasteiger partial charge in [0.25, 0.3) is 0 Å². The van der Waals surface area contributed by atoms with E-state index in [4.69, 9.17) is 11.6 Å². The van der Waals surface area contributed by atoms with Crippen molar-refractivity contribution in [2.45, 2.75) is 20.3 Å². The maximum atomic E-state index is 11.3. The van der Waals surface area contributed by atoms with Gasteiger partial charge in [0.05, 0.1) is 0 Å². The number of carbonyl (C=O) groups excluding carboxylic acids is 1. The monoisotopic (exact) mass is 189 g/mol. The SMILES string of the molecule is CC(CCl)CN1CC(C)CC1=O. The van der Waals surface area contributed by atoms with E-state index in [1.165, 1.54) is 0 Å². The van der Waals surface area contributed by atoms with E-state index in [1.54, 1.807) is 0 Å². The highest BCUT2D eigenvalue weighted by Crippen LogP contribution is 2.18. The molecule has 0 aliphatic carbocycles. The van der Waals surface area contributed by atoms with Gasteiger partial charge in [0.2, 0.25) is 5.91 Å². The predicted molar refractivity (Wildman–Crippen MR) is 50.2 cm³/mol. The molecule has 1 rings (SSSR count). The van der Waals surface area contributed by atoms with Crippen molar-refractivity contribution in [3.63, 3.8) is 0 Å². The Morgan fingerprint density at radius 3 is 2.83 bits per heavy atom. The molecular formula is C9H16ClNO. The minimum atomic E-state index is 0.291. The quantitative estimate of drug-likeness (QED) is 0.620. The molecule has 2 atom stereocenters. The lowest BCUT2D eigenvalue weighted by Gasteiger charge is -2.19.